The first kappa shape index (κ1) is 15.3. The third-order valence-electron chi connectivity index (χ3n) is 2.81. The van der Waals surface area contributed by atoms with E-state index in [1.165, 1.54) is 23.9 Å². The van der Waals surface area contributed by atoms with Crippen molar-refractivity contribution < 1.29 is 9.72 Å². The maximum atomic E-state index is 12.2. The molecule has 2 aromatic heterocycles. The van der Waals surface area contributed by atoms with E-state index in [-0.39, 0.29) is 21.7 Å². The van der Waals surface area contributed by atoms with Gasteiger partial charge in [0.1, 0.15) is 10.8 Å². The lowest BCUT2D eigenvalue weighted by molar-refractivity contribution is -0.384. The number of aromatic nitrogens is 2. The van der Waals surface area contributed by atoms with Crippen LogP contribution in [0.5, 0.6) is 0 Å². The van der Waals surface area contributed by atoms with Crippen molar-refractivity contribution in [3.05, 3.63) is 50.0 Å². The minimum atomic E-state index is -0.571. The van der Waals surface area contributed by atoms with Crippen LogP contribution in [0, 0.1) is 17.0 Å². The highest BCUT2D eigenvalue weighted by Gasteiger charge is 2.19. The predicted molar refractivity (Wildman–Crippen MR) is 79.0 cm³/mol. The highest BCUT2D eigenvalue weighted by Crippen LogP contribution is 2.27. The lowest BCUT2D eigenvalue weighted by atomic mass is 10.2. The monoisotopic (exact) mass is 328 g/mol. The van der Waals surface area contributed by atoms with Crippen LogP contribution < -0.4 is 5.32 Å². The molecule has 1 amide bonds. The van der Waals surface area contributed by atoms with Gasteiger partial charge in [-0.05, 0) is 18.6 Å². The van der Waals surface area contributed by atoms with Crippen LogP contribution in [0.3, 0.4) is 0 Å². The lowest BCUT2D eigenvalue weighted by Crippen LogP contribution is -2.16. The quantitative estimate of drug-likeness (QED) is 0.532. The molecule has 0 bridgehead atoms. The Bertz CT molecular complexity index is 719. The number of nitrogens with zero attached hydrogens (tertiary/aromatic N) is 3. The van der Waals surface area contributed by atoms with E-state index in [2.05, 4.69) is 10.3 Å². The Morgan fingerprint density at radius 3 is 2.62 bits per heavy atom. The van der Waals surface area contributed by atoms with Crippen LogP contribution in [0.1, 0.15) is 16.1 Å². The average Bonchev–Trinajstić information content (AvgIpc) is 2.76. The van der Waals surface area contributed by atoms with Crippen molar-refractivity contribution in [2.24, 2.45) is 7.05 Å². The van der Waals surface area contributed by atoms with Gasteiger partial charge in [0.15, 0.2) is 5.15 Å². The van der Waals surface area contributed by atoms with Crippen molar-refractivity contribution in [1.82, 2.24) is 9.55 Å². The van der Waals surface area contributed by atoms with Crippen LogP contribution in [0.25, 0.3) is 0 Å². The molecule has 0 saturated carbocycles. The summed E-state index contributed by atoms with van der Waals surface area (Å²) < 4.78 is 1.36. The van der Waals surface area contributed by atoms with Gasteiger partial charge in [-0.15, -0.1) is 0 Å². The third kappa shape index (κ3) is 3.14. The number of amides is 1. The number of carbonyl (C=O) groups is 1. The number of rotatable bonds is 3. The number of anilines is 1. The fourth-order valence-electron chi connectivity index (χ4n) is 1.80. The molecular weight excluding hydrogens is 319 g/mol. The molecule has 0 radical (unpaired) electrons. The maximum Gasteiger partial charge on any atom is 0.287 e. The second kappa shape index (κ2) is 5.71. The summed E-state index contributed by atoms with van der Waals surface area (Å²) >= 11 is 11.7. The van der Waals surface area contributed by atoms with Crippen LogP contribution in [-0.4, -0.2) is 20.4 Å². The van der Waals surface area contributed by atoms with E-state index >= 15 is 0 Å². The molecule has 0 fully saturated rings. The smallest absolute Gasteiger partial charge is 0.287 e. The van der Waals surface area contributed by atoms with Gasteiger partial charge in [0.05, 0.1) is 16.8 Å². The number of nitrogens with one attached hydrogen (secondary N) is 1. The number of halogens is 2. The van der Waals surface area contributed by atoms with Crippen molar-refractivity contribution in [2.75, 3.05) is 5.32 Å². The zero-order chi connectivity index (χ0) is 15.7. The third-order valence-corrected chi connectivity index (χ3v) is 3.28. The first-order chi connectivity index (χ1) is 9.79. The Balaban J connectivity index is 2.33. The van der Waals surface area contributed by atoms with Crippen LogP contribution in [0.4, 0.5) is 11.4 Å². The van der Waals surface area contributed by atoms with Crippen molar-refractivity contribution in [3.63, 3.8) is 0 Å². The molecule has 0 saturated heterocycles. The second-order valence-corrected chi connectivity index (χ2v) is 5.08. The van der Waals surface area contributed by atoms with Crippen LogP contribution >= 0.6 is 23.2 Å². The van der Waals surface area contributed by atoms with E-state index in [0.717, 1.165) is 0 Å². The standard InChI is InChI=1S/C12H10Cl2N4O3/c1-6-3-9(13)15-11(14)10(6)16-12(19)8-4-7(18(20)21)5-17(8)2/h3-5H,1-2H3,(H,16,19). The van der Waals surface area contributed by atoms with Gasteiger partial charge in [-0.3, -0.25) is 14.9 Å². The van der Waals surface area contributed by atoms with E-state index in [9.17, 15) is 14.9 Å². The fraction of sp³-hybridized carbons (Fsp3) is 0.167. The largest absolute Gasteiger partial charge is 0.340 e. The first-order valence-electron chi connectivity index (χ1n) is 5.74. The number of carbonyl (C=O) groups excluding carboxylic acids is 1. The molecule has 0 aliphatic rings. The van der Waals surface area contributed by atoms with E-state index in [4.69, 9.17) is 23.2 Å². The molecule has 0 unspecified atom stereocenters. The molecule has 0 aromatic carbocycles. The minimum Gasteiger partial charge on any atom is -0.340 e. The number of hydrogen-bond donors (Lipinski definition) is 1. The number of pyridine rings is 1. The molecule has 2 heterocycles. The van der Waals surface area contributed by atoms with Gasteiger partial charge in [0.25, 0.3) is 11.6 Å². The molecule has 7 nitrogen and oxygen atoms in total. The summed E-state index contributed by atoms with van der Waals surface area (Å²) in [4.78, 5) is 26.2. The van der Waals surface area contributed by atoms with Gasteiger partial charge in [0.2, 0.25) is 0 Å². The van der Waals surface area contributed by atoms with Gasteiger partial charge in [-0.1, -0.05) is 23.2 Å². The SMILES string of the molecule is Cc1cc(Cl)nc(Cl)c1NC(=O)c1cc([N+](=O)[O-])cn1C. The van der Waals surface area contributed by atoms with Crippen molar-refractivity contribution in [1.29, 1.82) is 0 Å². The van der Waals surface area contributed by atoms with E-state index in [1.54, 1.807) is 13.0 Å². The van der Waals surface area contributed by atoms with Gasteiger partial charge in [-0.25, -0.2) is 4.98 Å². The molecule has 2 aromatic rings. The Hall–Kier alpha value is -2.12. The second-order valence-electron chi connectivity index (χ2n) is 4.33. The lowest BCUT2D eigenvalue weighted by Gasteiger charge is -2.10. The molecule has 2 rings (SSSR count). The summed E-state index contributed by atoms with van der Waals surface area (Å²) in [5.74, 6) is -0.528. The van der Waals surface area contributed by atoms with Gasteiger partial charge >= 0.3 is 0 Å². The Morgan fingerprint density at radius 2 is 2.10 bits per heavy atom. The van der Waals surface area contributed by atoms with Crippen LogP contribution in [-0.2, 0) is 7.05 Å². The zero-order valence-corrected chi connectivity index (χ0v) is 12.6. The molecular formula is C12H10Cl2N4O3. The van der Waals surface area contributed by atoms with Gasteiger partial charge in [0, 0.05) is 13.1 Å². The normalized spacial score (nSPS) is 10.5. The summed E-state index contributed by atoms with van der Waals surface area (Å²) in [6.07, 6.45) is 1.25. The van der Waals surface area contributed by atoms with Crippen LogP contribution in [0.15, 0.2) is 18.3 Å². The van der Waals surface area contributed by atoms with E-state index < -0.39 is 10.8 Å². The van der Waals surface area contributed by atoms with Gasteiger partial charge < -0.3 is 9.88 Å². The number of aryl methyl sites for hydroxylation is 2. The Labute approximate surface area is 129 Å². The molecule has 9 heteroatoms. The predicted octanol–water partition coefficient (Wildman–Crippen LogP) is 3.20. The average molecular weight is 329 g/mol. The summed E-state index contributed by atoms with van der Waals surface area (Å²) in [6, 6.07) is 2.73. The summed E-state index contributed by atoms with van der Waals surface area (Å²) in [5.41, 5.74) is 0.916. The number of hydrogen-bond acceptors (Lipinski definition) is 4. The summed E-state index contributed by atoms with van der Waals surface area (Å²) in [6.45, 7) is 1.71. The van der Waals surface area contributed by atoms with E-state index in [0.29, 0.717) is 11.3 Å². The molecule has 0 spiro atoms. The highest BCUT2D eigenvalue weighted by atomic mass is 35.5. The number of nitro groups is 1. The Kier molecular flexibility index (Phi) is 4.15. The molecule has 21 heavy (non-hydrogen) atoms. The van der Waals surface area contributed by atoms with Gasteiger partial charge in [-0.2, -0.15) is 0 Å². The van der Waals surface area contributed by atoms with Crippen LogP contribution in [0.2, 0.25) is 10.3 Å². The molecule has 110 valence electrons. The van der Waals surface area contributed by atoms with Crippen molar-refractivity contribution >= 4 is 40.5 Å². The summed E-state index contributed by atoms with van der Waals surface area (Å²) in [5, 5.41) is 13.6. The molecule has 0 aliphatic carbocycles. The molecule has 1 N–H and O–H groups in total. The maximum absolute atomic E-state index is 12.2. The van der Waals surface area contributed by atoms with Crippen molar-refractivity contribution in [2.45, 2.75) is 6.92 Å². The molecule has 0 aliphatic heterocycles. The van der Waals surface area contributed by atoms with Crippen molar-refractivity contribution in [3.8, 4) is 0 Å². The van der Waals surface area contributed by atoms with E-state index in [1.807, 2.05) is 0 Å². The Morgan fingerprint density at radius 1 is 1.43 bits per heavy atom. The minimum absolute atomic E-state index is 0.0528. The summed E-state index contributed by atoms with van der Waals surface area (Å²) in [7, 11) is 1.54. The first-order valence-corrected chi connectivity index (χ1v) is 6.50. The zero-order valence-electron chi connectivity index (χ0n) is 11.1. The molecule has 0 atom stereocenters. The highest BCUT2D eigenvalue weighted by molar-refractivity contribution is 6.35. The fourth-order valence-corrected chi connectivity index (χ4v) is 2.37. The topological polar surface area (TPSA) is 90.1 Å².